The number of carbonyl (C=O) groups is 1. The Morgan fingerprint density at radius 1 is 1.19 bits per heavy atom. The Balaban J connectivity index is 1.98. The van der Waals surface area contributed by atoms with Crippen molar-refractivity contribution in [2.75, 3.05) is 18.4 Å². The predicted molar refractivity (Wildman–Crippen MR) is 88.9 cm³/mol. The first kappa shape index (κ1) is 15.9. The van der Waals surface area contributed by atoms with E-state index in [0.29, 0.717) is 6.54 Å². The first-order valence-electron chi connectivity index (χ1n) is 8.33. The smallest absolute Gasteiger partial charge is 0.251 e. The molecule has 116 valence electrons. The molecule has 1 aliphatic rings. The van der Waals surface area contributed by atoms with Crippen molar-refractivity contribution in [1.82, 2.24) is 5.32 Å². The van der Waals surface area contributed by atoms with Gasteiger partial charge in [0.25, 0.3) is 5.91 Å². The van der Waals surface area contributed by atoms with Crippen molar-refractivity contribution < 1.29 is 4.79 Å². The lowest BCUT2D eigenvalue weighted by Crippen LogP contribution is -2.23. The summed E-state index contributed by atoms with van der Waals surface area (Å²) in [6.07, 6.45) is 8.18. The Bertz CT molecular complexity index is 462. The summed E-state index contributed by atoms with van der Waals surface area (Å²) in [5.41, 5.74) is 3.05. The fourth-order valence-electron chi connectivity index (χ4n) is 3.04. The molecule has 0 aliphatic heterocycles. The second-order valence-electron chi connectivity index (χ2n) is 6.13. The van der Waals surface area contributed by atoms with Crippen LogP contribution in [0.3, 0.4) is 0 Å². The van der Waals surface area contributed by atoms with E-state index in [1.54, 1.807) is 0 Å². The minimum atomic E-state index is 0.00927. The molecule has 3 nitrogen and oxygen atoms in total. The Kier molecular flexibility index (Phi) is 6.09. The Labute approximate surface area is 128 Å². The van der Waals surface area contributed by atoms with Crippen LogP contribution in [0.15, 0.2) is 18.2 Å². The van der Waals surface area contributed by atoms with Gasteiger partial charge in [-0.3, -0.25) is 4.79 Å². The summed E-state index contributed by atoms with van der Waals surface area (Å²) >= 11 is 0. The summed E-state index contributed by atoms with van der Waals surface area (Å²) in [4.78, 5) is 11.9. The number of benzene rings is 1. The van der Waals surface area contributed by atoms with Gasteiger partial charge in [0.05, 0.1) is 0 Å². The van der Waals surface area contributed by atoms with Crippen molar-refractivity contribution in [3.63, 3.8) is 0 Å². The number of aryl methyl sites for hydroxylation is 1. The quantitative estimate of drug-likeness (QED) is 0.800. The topological polar surface area (TPSA) is 41.1 Å². The van der Waals surface area contributed by atoms with Gasteiger partial charge in [0.15, 0.2) is 0 Å². The first-order valence-corrected chi connectivity index (χ1v) is 8.33. The van der Waals surface area contributed by atoms with E-state index in [-0.39, 0.29) is 5.91 Å². The molecule has 1 aromatic rings. The van der Waals surface area contributed by atoms with Gasteiger partial charge in [-0.25, -0.2) is 0 Å². The van der Waals surface area contributed by atoms with Gasteiger partial charge >= 0.3 is 0 Å². The lowest BCUT2D eigenvalue weighted by molar-refractivity contribution is 0.0956. The zero-order valence-corrected chi connectivity index (χ0v) is 13.4. The average molecular weight is 288 g/mol. The Morgan fingerprint density at radius 3 is 2.57 bits per heavy atom. The van der Waals surface area contributed by atoms with E-state index in [0.717, 1.165) is 23.7 Å². The number of carbonyl (C=O) groups excluding carboxylic acids is 1. The van der Waals surface area contributed by atoms with E-state index in [9.17, 15) is 4.79 Å². The molecule has 1 fully saturated rings. The van der Waals surface area contributed by atoms with E-state index >= 15 is 0 Å². The van der Waals surface area contributed by atoms with Crippen molar-refractivity contribution in [1.29, 1.82) is 0 Å². The zero-order valence-electron chi connectivity index (χ0n) is 13.4. The van der Waals surface area contributed by atoms with Crippen LogP contribution in [0, 0.1) is 12.8 Å². The highest BCUT2D eigenvalue weighted by atomic mass is 16.1. The maximum absolute atomic E-state index is 11.9. The van der Waals surface area contributed by atoms with E-state index in [2.05, 4.69) is 17.6 Å². The highest BCUT2D eigenvalue weighted by Gasteiger charge is 2.13. The molecule has 3 heteroatoms. The van der Waals surface area contributed by atoms with E-state index in [1.165, 1.54) is 44.1 Å². The van der Waals surface area contributed by atoms with Gasteiger partial charge in [-0.2, -0.15) is 0 Å². The molecule has 1 amide bonds. The minimum absolute atomic E-state index is 0.00927. The lowest BCUT2D eigenvalue weighted by Gasteiger charge is -2.17. The predicted octanol–water partition coefficient (Wildman–Crippen LogP) is 4.13. The van der Waals surface area contributed by atoms with Gasteiger partial charge in [-0.1, -0.05) is 31.7 Å². The average Bonchev–Trinajstić information content (AvgIpc) is 2.75. The molecular formula is C18H28N2O. The molecule has 0 aromatic heterocycles. The molecule has 0 saturated heterocycles. The molecule has 2 N–H and O–H groups in total. The molecule has 1 aromatic carbocycles. The van der Waals surface area contributed by atoms with Crippen LogP contribution in [0.2, 0.25) is 0 Å². The molecule has 0 spiro atoms. The van der Waals surface area contributed by atoms with Crippen LogP contribution in [0.25, 0.3) is 0 Å². The zero-order chi connectivity index (χ0) is 15.1. The molecule has 1 aliphatic carbocycles. The summed E-state index contributed by atoms with van der Waals surface area (Å²) in [6, 6.07) is 5.91. The first-order chi connectivity index (χ1) is 10.2. The molecule has 0 radical (unpaired) electrons. The van der Waals surface area contributed by atoms with Gasteiger partial charge < -0.3 is 10.6 Å². The fourth-order valence-corrected chi connectivity index (χ4v) is 3.04. The fraction of sp³-hybridized carbons (Fsp3) is 0.611. The third kappa shape index (κ3) is 4.76. The van der Waals surface area contributed by atoms with Crippen LogP contribution in [0.4, 0.5) is 5.69 Å². The number of hydrogen-bond donors (Lipinski definition) is 2. The summed E-state index contributed by atoms with van der Waals surface area (Å²) in [6.45, 7) is 5.73. The molecule has 2 rings (SSSR count). The van der Waals surface area contributed by atoms with Crippen molar-refractivity contribution >= 4 is 11.6 Å². The van der Waals surface area contributed by atoms with Gasteiger partial charge in [0.1, 0.15) is 0 Å². The van der Waals surface area contributed by atoms with Crippen molar-refractivity contribution in [2.24, 2.45) is 5.92 Å². The van der Waals surface area contributed by atoms with Crippen LogP contribution in [-0.2, 0) is 0 Å². The van der Waals surface area contributed by atoms with Crippen LogP contribution in [0.1, 0.15) is 61.4 Å². The highest BCUT2D eigenvalue weighted by Crippen LogP contribution is 2.24. The largest absolute Gasteiger partial charge is 0.385 e. The molecule has 0 atom stereocenters. The van der Waals surface area contributed by atoms with Crippen LogP contribution >= 0.6 is 0 Å². The third-order valence-electron chi connectivity index (χ3n) is 4.39. The maximum atomic E-state index is 11.9. The number of rotatable bonds is 5. The molecular weight excluding hydrogens is 260 g/mol. The van der Waals surface area contributed by atoms with Crippen LogP contribution < -0.4 is 10.6 Å². The monoisotopic (exact) mass is 288 g/mol. The summed E-state index contributed by atoms with van der Waals surface area (Å²) in [5.74, 6) is 0.787. The number of anilines is 1. The van der Waals surface area contributed by atoms with Gasteiger partial charge in [-0.15, -0.1) is 0 Å². The van der Waals surface area contributed by atoms with E-state index < -0.39 is 0 Å². The summed E-state index contributed by atoms with van der Waals surface area (Å²) in [7, 11) is 0. The molecule has 0 bridgehead atoms. The van der Waals surface area contributed by atoms with Crippen molar-refractivity contribution in [3.05, 3.63) is 29.3 Å². The number of hydrogen-bond acceptors (Lipinski definition) is 2. The molecule has 0 unspecified atom stereocenters. The maximum Gasteiger partial charge on any atom is 0.251 e. The van der Waals surface area contributed by atoms with E-state index in [1.807, 2.05) is 25.1 Å². The Morgan fingerprint density at radius 2 is 1.90 bits per heavy atom. The summed E-state index contributed by atoms with van der Waals surface area (Å²) < 4.78 is 0. The highest BCUT2D eigenvalue weighted by molar-refractivity contribution is 5.95. The van der Waals surface area contributed by atoms with Gasteiger partial charge in [0.2, 0.25) is 0 Å². The number of nitrogens with one attached hydrogen (secondary N) is 2. The summed E-state index contributed by atoms with van der Waals surface area (Å²) in [5, 5.41) is 6.42. The third-order valence-corrected chi connectivity index (χ3v) is 4.39. The van der Waals surface area contributed by atoms with E-state index in [4.69, 9.17) is 0 Å². The normalized spacial score (nSPS) is 16.3. The van der Waals surface area contributed by atoms with Crippen molar-refractivity contribution in [3.8, 4) is 0 Å². The minimum Gasteiger partial charge on any atom is -0.385 e. The Hall–Kier alpha value is -1.51. The standard InChI is InChI=1S/C18H28N2O/c1-3-19-18(21)16-11-10-14(2)17(12-16)20-13-15-8-6-4-5-7-9-15/h10-12,15,20H,3-9,13H2,1-2H3,(H,19,21). The molecule has 1 saturated carbocycles. The molecule has 0 heterocycles. The lowest BCUT2D eigenvalue weighted by atomic mass is 10.00. The van der Waals surface area contributed by atoms with Gasteiger partial charge in [-0.05, 0) is 50.3 Å². The second-order valence-corrected chi connectivity index (χ2v) is 6.13. The second kappa shape index (κ2) is 8.06. The SMILES string of the molecule is CCNC(=O)c1ccc(C)c(NCC2CCCCCC2)c1. The van der Waals surface area contributed by atoms with Crippen molar-refractivity contribution in [2.45, 2.75) is 52.4 Å². The van der Waals surface area contributed by atoms with Gasteiger partial charge in [0, 0.05) is 24.3 Å². The molecule has 21 heavy (non-hydrogen) atoms. The number of amides is 1. The van der Waals surface area contributed by atoms with Crippen LogP contribution in [0.5, 0.6) is 0 Å². The van der Waals surface area contributed by atoms with Crippen LogP contribution in [-0.4, -0.2) is 19.0 Å².